The Morgan fingerprint density at radius 2 is 1.94 bits per heavy atom. The van der Waals surface area contributed by atoms with Gasteiger partial charge in [0.1, 0.15) is 6.33 Å². The Morgan fingerprint density at radius 3 is 2.66 bits per heavy atom. The number of hydrogen-bond donors (Lipinski definition) is 3. The molecule has 0 atom stereocenters. The number of aryl methyl sites for hydroxylation is 1. The number of anilines is 3. The number of hydrazine groups is 1. The fraction of sp³-hybridized carbons (Fsp3) is 0.0526. The second-order valence-electron chi connectivity index (χ2n) is 6.45. The van der Waals surface area contributed by atoms with Gasteiger partial charge in [0.15, 0.2) is 5.13 Å². The molecule has 4 rings (SSSR count). The Bertz CT molecular complexity index is 1360. The number of nitro groups is 1. The Kier molecular flexibility index (Phi) is 6.04. The number of aromatic nitrogens is 3. The Labute approximate surface area is 194 Å². The van der Waals surface area contributed by atoms with Crippen LogP contribution < -0.4 is 16.2 Å². The molecule has 0 aliphatic carbocycles. The van der Waals surface area contributed by atoms with Crippen LogP contribution in [-0.2, 0) is 0 Å². The van der Waals surface area contributed by atoms with Crippen molar-refractivity contribution in [2.45, 2.75) is 6.92 Å². The van der Waals surface area contributed by atoms with E-state index in [1.807, 2.05) is 25.1 Å². The van der Waals surface area contributed by atoms with E-state index in [0.29, 0.717) is 10.2 Å². The molecular formula is C19H13Cl2N7O3S. The van der Waals surface area contributed by atoms with Crippen LogP contribution in [0, 0.1) is 17.0 Å². The summed E-state index contributed by atoms with van der Waals surface area (Å²) in [6.07, 6.45) is 1.12. The molecule has 0 saturated carbocycles. The number of para-hydroxylation sites is 1. The van der Waals surface area contributed by atoms with Crippen molar-refractivity contribution in [3.05, 3.63) is 74.0 Å². The van der Waals surface area contributed by atoms with Crippen molar-refractivity contribution < 1.29 is 9.72 Å². The molecule has 10 nitrogen and oxygen atoms in total. The maximum Gasteiger partial charge on any atom is 0.355 e. The van der Waals surface area contributed by atoms with E-state index < -0.39 is 16.5 Å². The second-order valence-corrected chi connectivity index (χ2v) is 8.32. The lowest BCUT2D eigenvalue weighted by molar-refractivity contribution is -0.383. The second kappa shape index (κ2) is 8.91. The van der Waals surface area contributed by atoms with E-state index in [4.69, 9.17) is 23.2 Å². The molecule has 32 heavy (non-hydrogen) atoms. The molecule has 0 aliphatic rings. The number of nitrogens with one attached hydrogen (secondary N) is 3. The van der Waals surface area contributed by atoms with Crippen LogP contribution in [0.4, 0.5) is 22.5 Å². The molecule has 0 fully saturated rings. The van der Waals surface area contributed by atoms with E-state index in [9.17, 15) is 14.9 Å². The molecular weight excluding hydrogens is 477 g/mol. The van der Waals surface area contributed by atoms with Gasteiger partial charge in [0.2, 0.25) is 11.6 Å². The molecule has 0 radical (unpaired) electrons. The smallest absolute Gasteiger partial charge is 0.310 e. The third-order valence-corrected chi connectivity index (χ3v) is 5.80. The summed E-state index contributed by atoms with van der Waals surface area (Å²) < 4.78 is 0.926. The van der Waals surface area contributed by atoms with Gasteiger partial charge in [-0.3, -0.25) is 25.8 Å². The van der Waals surface area contributed by atoms with Crippen molar-refractivity contribution in [1.29, 1.82) is 0 Å². The minimum absolute atomic E-state index is 0.0806. The Morgan fingerprint density at radius 1 is 1.16 bits per heavy atom. The van der Waals surface area contributed by atoms with Gasteiger partial charge in [-0.1, -0.05) is 46.7 Å². The average molecular weight is 490 g/mol. The number of thiazole rings is 1. The van der Waals surface area contributed by atoms with Crippen LogP contribution >= 0.6 is 34.5 Å². The van der Waals surface area contributed by atoms with Crippen LogP contribution in [0.3, 0.4) is 0 Å². The van der Waals surface area contributed by atoms with Gasteiger partial charge in [-0.2, -0.15) is 0 Å². The molecule has 13 heteroatoms. The maximum atomic E-state index is 12.4. The van der Waals surface area contributed by atoms with Crippen molar-refractivity contribution in [3.8, 4) is 0 Å². The number of carbonyl (C=O) groups excluding carboxylic acids is 1. The van der Waals surface area contributed by atoms with Gasteiger partial charge in [-0.05, 0) is 36.8 Å². The van der Waals surface area contributed by atoms with Crippen LogP contribution in [0.2, 0.25) is 10.0 Å². The molecule has 162 valence electrons. The number of rotatable bonds is 6. The molecule has 1 amide bonds. The molecule has 0 unspecified atom stereocenters. The summed E-state index contributed by atoms with van der Waals surface area (Å²) in [5.41, 5.74) is 6.23. The maximum absolute atomic E-state index is 12.4. The quantitative estimate of drug-likeness (QED) is 0.251. The highest BCUT2D eigenvalue weighted by Gasteiger charge is 2.25. The molecule has 0 bridgehead atoms. The number of fused-ring (bicyclic) bond motifs is 1. The number of benzene rings is 2. The van der Waals surface area contributed by atoms with Crippen molar-refractivity contribution in [2.24, 2.45) is 0 Å². The molecule has 2 aromatic carbocycles. The number of halogens is 2. The highest BCUT2D eigenvalue weighted by Crippen LogP contribution is 2.34. The van der Waals surface area contributed by atoms with Gasteiger partial charge in [0.05, 0.1) is 25.7 Å². The molecule has 0 spiro atoms. The summed E-state index contributed by atoms with van der Waals surface area (Å²) in [4.78, 5) is 35.8. The van der Waals surface area contributed by atoms with Crippen molar-refractivity contribution in [1.82, 2.24) is 20.4 Å². The lowest BCUT2D eigenvalue weighted by Crippen LogP contribution is -2.30. The molecule has 0 aliphatic heterocycles. The standard InChI is InChI=1S/C19H13Cl2N7O3S/c1-9-3-2-4-13-14(9)24-19(32-13)25-16-15(28(30)31)17(23-8-22-16)26-27-18(29)11-6-5-10(20)7-12(11)21/h2-8H,1H3,(H,27,29)(H2,22,23,24,25,26). The third-order valence-electron chi connectivity index (χ3n) is 4.32. The van der Waals surface area contributed by atoms with Crippen LogP contribution in [0.25, 0.3) is 10.2 Å². The zero-order chi connectivity index (χ0) is 22.8. The fourth-order valence-corrected chi connectivity index (χ4v) is 4.27. The first-order valence-corrected chi connectivity index (χ1v) is 10.5. The molecule has 4 aromatic rings. The number of carbonyl (C=O) groups is 1. The summed E-state index contributed by atoms with van der Waals surface area (Å²) >= 11 is 13.2. The molecule has 0 saturated heterocycles. The van der Waals surface area contributed by atoms with E-state index in [-0.39, 0.29) is 22.2 Å². The monoisotopic (exact) mass is 489 g/mol. The minimum atomic E-state index is -0.662. The molecule has 3 N–H and O–H groups in total. The van der Waals surface area contributed by atoms with Crippen molar-refractivity contribution in [2.75, 3.05) is 10.7 Å². The fourth-order valence-electron chi connectivity index (χ4n) is 2.83. The lowest BCUT2D eigenvalue weighted by Gasteiger charge is -2.10. The lowest BCUT2D eigenvalue weighted by atomic mass is 10.2. The minimum Gasteiger partial charge on any atom is -0.310 e. The number of amides is 1. The summed E-state index contributed by atoms with van der Waals surface area (Å²) in [5.74, 6) is -0.929. The summed E-state index contributed by atoms with van der Waals surface area (Å²) in [5, 5.41) is 15.5. The van der Waals surface area contributed by atoms with Gasteiger partial charge in [-0.15, -0.1) is 0 Å². The summed E-state index contributed by atoms with van der Waals surface area (Å²) in [6, 6.07) is 10.1. The highest BCUT2D eigenvalue weighted by molar-refractivity contribution is 7.22. The highest BCUT2D eigenvalue weighted by atomic mass is 35.5. The zero-order valence-corrected chi connectivity index (χ0v) is 18.5. The Hall–Kier alpha value is -3.54. The van der Waals surface area contributed by atoms with E-state index in [1.165, 1.54) is 29.5 Å². The SMILES string of the molecule is Cc1cccc2sc(Nc3ncnc(NNC(=O)c4ccc(Cl)cc4Cl)c3[N+](=O)[O-])nc12. The summed E-state index contributed by atoms with van der Waals surface area (Å²) in [6.45, 7) is 1.93. The predicted octanol–water partition coefficient (Wildman–Crippen LogP) is 5.11. The van der Waals surface area contributed by atoms with Gasteiger partial charge in [0.25, 0.3) is 5.91 Å². The zero-order valence-electron chi connectivity index (χ0n) is 16.2. The van der Waals surface area contributed by atoms with Crippen LogP contribution in [-0.4, -0.2) is 25.8 Å². The van der Waals surface area contributed by atoms with Crippen LogP contribution in [0.1, 0.15) is 15.9 Å². The Balaban J connectivity index is 1.59. The predicted molar refractivity (Wildman–Crippen MR) is 124 cm³/mol. The van der Waals surface area contributed by atoms with E-state index in [1.54, 1.807) is 0 Å². The van der Waals surface area contributed by atoms with Gasteiger partial charge < -0.3 is 5.32 Å². The van der Waals surface area contributed by atoms with E-state index in [2.05, 4.69) is 31.1 Å². The van der Waals surface area contributed by atoms with E-state index >= 15 is 0 Å². The van der Waals surface area contributed by atoms with Crippen LogP contribution in [0.5, 0.6) is 0 Å². The molecule has 2 aromatic heterocycles. The van der Waals surface area contributed by atoms with Gasteiger partial charge in [-0.25, -0.2) is 15.0 Å². The molecule has 2 heterocycles. The van der Waals surface area contributed by atoms with Gasteiger partial charge in [0, 0.05) is 5.02 Å². The topological polar surface area (TPSA) is 135 Å². The first-order valence-electron chi connectivity index (χ1n) is 8.97. The van der Waals surface area contributed by atoms with Crippen LogP contribution in [0.15, 0.2) is 42.7 Å². The first-order chi connectivity index (χ1) is 15.3. The average Bonchev–Trinajstić information content (AvgIpc) is 3.15. The van der Waals surface area contributed by atoms with E-state index in [0.717, 1.165) is 22.1 Å². The third kappa shape index (κ3) is 4.40. The van der Waals surface area contributed by atoms with Crippen molar-refractivity contribution >= 4 is 73.1 Å². The largest absolute Gasteiger partial charge is 0.355 e. The van der Waals surface area contributed by atoms with Crippen molar-refractivity contribution in [3.63, 3.8) is 0 Å². The first kappa shape index (κ1) is 21.7. The number of hydrogen-bond acceptors (Lipinski definition) is 9. The summed E-state index contributed by atoms with van der Waals surface area (Å²) in [7, 11) is 0. The van der Waals surface area contributed by atoms with Gasteiger partial charge >= 0.3 is 5.69 Å². The number of nitrogens with zero attached hydrogens (tertiary/aromatic N) is 4. The normalized spacial score (nSPS) is 10.7.